The number of carbonyl (C=O) groups is 1. The number of hydrogen-bond donors (Lipinski definition) is 2. The molecule has 2 rings (SSSR count). The standard InChI is InChI=1S/C11H8Cl2N2O2S/c12-9-2-1-6(3-8(9)10(16)17)14-4-7-5-15-11(13)18-7/h1-3,5,14H,4H2,(H,16,17). The third kappa shape index (κ3) is 3.13. The molecule has 7 heteroatoms. The largest absolute Gasteiger partial charge is 0.478 e. The number of benzene rings is 1. The molecule has 2 N–H and O–H groups in total. The number of carboxylic acid groups (broad SMARTS) is 1. The highest BCUT2D eigenvalue weighted by Gasteiger charge is 2.09. The van der Waals surface area contributed by atoms with Crippen molar-refractivity contribution in [2.75, 3.05) is 5.32 Å². The summed E-state index contributed by atoms with van der Waals surface area (Å²) < 4.78 is 0.481. The highest BCUT2D eigenvalue weighted by molar-refractivity contribution is 7.15. The van der Waals surface area contributed by atoms with Crippen LogP contribution < -0.4 is 5.32 Å². The Morgan fingerprint density at radius 1 is 1.44 bits per heavy atom. The number of rotatable bonds is 4. The Hall–Kier alpha value is -1.30. The Labute approximate surface area is 117 Å². The Bertz CT molecular complexity index is 586. The van der Waals surface area contributed by atoms with Crippen LogP contribution in [0.25, 0.3) is 0 Å². The van der Waals surface area contributed by atoms with Crippen LogP contribution in [0.1, 0.15) is 15.2 Å². The topological polar surface area (TPSA) is 62.2 Å². The molecule has 1 aromatic carbocycles. The van der Waals surface area contributed by atoms with Crippen LogP contribution in [0.2, 0.25) is 9.49 Å². The highest BCUT2D eigenvalue weighted by atomic mass is 35.5. The fourth-order valence-electron chi connectivity index (χ4n) is 1.35. The zero-order valence-electron chi connectivity index (χ0n) is 8.98. The van der Waals surface area contributed by atoms with Gasteiger partial charge in [-0.15, -0.1) is 11.3 Å². The van der Waals surface area contributed by atoms with E-state index in [-0.39, 0.29) is 10.6 Å². The monoisotopic (exact) mass is 302 g/mol. The van der Waals surface area contributed by atoms with Crippen molar-refractivity contribution in [1.82, 2.24) is 4.98 Å². The summed E-state index contributed by atoms with van der Waals surface area (Å²) in [5.74, 6) is -1.05. The first kappa shape index (κ1) is 13.1. The van der Waals surface area contributed by atoms with E-state index in [1.807, 2.05) is 0 Å². The molecule has 0 bridgehead atoms. The molecular formula is C11H8Cl2N2O2S. The van der Waals surface area contributed by atoms with E-state index in [0.717, 1.165) is 4.88 Å². The van der Waals surface area contributed by atoms with Gasteiger partial charge in [-0.25, -0.2) is 9.78 Å². The lowest BCUT2D eigenvalue weighted by molar-refractivity contribution is 0.0697. The molecular weight excluding hydrogens is 295 g/mol. The van der Waals surface area contributed by atoms with Crippen LogP contribution in [-0.4, -0.2) is 16.1 Å². The van der Waals surface area contributed by atoms with Gasteiger partial charge in [0.15, 0.2) is 4.47 Å². The number of aromatic nitrogens is 1. The summed E-state index contributed by atoms with van der Waals surface area (Å²) in [5.41, 5.74) is 0.755. The van der Waals surface area contributed by atoms with E-state index in [0.29, 0.717) is 16.7 Å². The molecule has 0 amide bonds. The van der Waals surface area contributed by atoms with Gasteiger partial charge in [-0.05, 0) is 18.2 Å². The van der Waals surface area contributed by atoms with Crippen LogP contribution in [-0.2, 0) is 6.54 Å². The van der Waals surface area contributed by atoms with Crippen LogP contribution in [0.15, 0.2) is 24.4 Å². The van der Waals surface area contributed by atoms with Gasteiger partial charge in [0.1, 0.15) is 0 Å². The van der Waals surface area contributed by atoms with Gasteiger partial charge in [0, 0.05) is 16.8 Å². The van der Waals surface area contributed by atoms with Crippen LogP contribution in [0.5, 0.6) is 0 Å². The van der Waals surface area contributed by atoms with Crippen molar-refractivity contribution in [2.24, 2.45) is 0 Å². The lowest BCUT2D eigenvalue weighted by Gasteiger charge is -2.06. The fourth-order valence-corrected chi connectivity index (χ4v) is 2.47. The van der Waals surface area contributed by atoms with Gasteiger partial charge in [0.05, 0.1) is 17.1 Å². The molecule has 0 saturated heterocycles. The quantitative estimate of drug-likeness (QED) is 0.902. The number of halogens is 2. The maximum absolute atomic E-state index is 10.9. The fraction of sp³-hybridized carbons (Fsp3) is 0.0909. The van der Waals surface area contributed by atoms with Crippen LogP contribution >= 0.6 is 34.5 Å². The summed E-state index contributed by atoms with van der Waals surface area (Å²) in [4.78, 5) is 15.8. The maximum Gasteiger partial charge on any atom is 0.337 e. The Morgan fingerprint density at radius 3 is 2.83 bits per heavy atom. The predicted molar refractivity (Wildman–Crippen MR) is 72.9 cm³/mol. The number of nitrogens with one attached hydrogen (secondary N) is 1. The highest BCUT2D eigenvalue weighted by Crippen LogP contribution is 2.22. The molecule has 0 radical (unpaired) electrons. The molecule has 18 heavy (non-hydrogen) atoms. The third-order valence-corrected chi connectivity index (χ3v) is 3.63. The van der Waals surface area contributed by atoms with E-state index >= 15 is 0 Å². The smallest absolute Gasteiger partial charge is 0.337 e. The molecule has 1 heterocycles. The van der Waals surface area contributed by atoms with Gasteiger partial charge >= 0.3 is 5.97 Å². The summed E-state index contributed by atoms with van der Waals surface area (Å²) in [6, 6.07) is 4.76. The zero-order valence-corrected chi connectivity index (χ0v) is 11.3. The van der Waals surface area contributed by atoms with Crippen molar-refractivity contribution in [3.05, 3.63) is 44.3 Å². The summed E-state index contributed by atoms with van der Waals surface area (Å²) in [5, 5.41) is 12.2. The predicted octanol–water partition coefficient (Wildman–Crippen LogP) is 3.76. The maximum atomic E-state index is 10.9. The second-order valence-electron chi connectivity index (χ2n) is 3.43. The number of carboxylic acids is 1. The lowest BCUT2D eigenvalue weighted by atomic mass is 10.2. The summed E-state index contributed by atoms with van der Waals surface area (Å²) >= 11 is 12.9. The Balaban J connectivity index is 2.10. The first-order valence-electron chi connectivity index (χ1n) is 4.93. The van der Waals surface area contributed by atoms with Crippen molar-refractivity contribution in [3.8, 4) is 0 Å². The van der Waals surface area contributed by atoms with E-state index in [2.05, 4.69) is 10.3 Å². The van der Waals surface area contributed by atoms with E-state index < -0.39 is 5.97 Å². The molecule has 0 aliphatic heterocycles. The number of nitrogens with zero attached hydrogens (tertiary/aromatic N) is 1. The molecule has 0 saturated carbocycles. The molecule has 0 unspecified atom stereocenters. The normalized spacial score (nSPS) is 10.3. The molecule has 0 aliphatic rings. The SMILES string of the molecule is O=C(O)c1cc(NCc2cnc(Cl)s2)ccc1Cl. The minimum absolute atomic E-state index is 0.0732. The lowest BCUT2D eigenvalue weighted by Crippen LogP contribution is -2.01. The first-order chi connectivity index (χ1) is 8.56. The van der Waals surface area contributed by atoms with Crippen molar-refractivity contribution in [3.63, 3.8) is 0 Å². The first-order valence-corrected chi connectivity index (χ1v) is 6.50. The third-order valence-electron chi connectivity index (χ3n) is 2.19. The van der Waals surface area contributed by atoms with Crippen molar-refractivity contribution < 1.29 is 9.90 Å². The Kier molecular flexibility index (Phi) is 4.06. The molecule has 0 spiro atoms. The average Bonchev–Trinajstić information content (AvgIpc) is 2.74. The van der Waals surface area contributed by atoms with Gasteiger partial charge in [-0.2, -0.15) is 0 Å². The van der Waals surface area contributed by atoms with Gasteiger partial charge in [0.25, 0.3) is 0 Å². The number of hydrogen-bond acceptors (Lipinski definition) is 4. The van der Waals surface area contributed by atoms with Gasteiger partial charge in [-0.3, -0.25) is 0 Å². The molecule has 2 aromatic rings. The van der Waals surface area contributed by atoms with Crippen LogP contribution in [0.4, 0.5) is 5.69 Å². The minimum atomic E-state index is -1.05. The zero-order chi connectivity index (χ0) is 13.1. The van der Waals surface area contributed by atoms with Gasteiger partial charge in [0.2, 0.25) is 0 Å². The van der Waals surface area contributed by atoms with Gasteiger partial charge in [-0.1, -0.05) is 23.2 Å². The average molecular weight is 303 g/mol. The van der Waals surface area contributed by atoms with Crippen LogP contribution in [0.3, 0.4) is 0 Å². The number of aromatic carboxylic acids is 1. The number of anilines is 1. The molecule has 0 atom stereocenters. The number of thiazole rings is 1. The van der Waals surface area contributed by atoms with Crippen molar-refractivity contribution >= 4 is 46.2 Å². The van der Waals surface area contributed by atoms with Gasteiger partial charge < -0.3 is 10.4 Å². The second-order valence-corrected chi connectivity index (χ2v) is 5.54. The van der Waals surface area contributed by atoms with Crippen molar-refractivity contribution in [1.29, 1.82) is 0 Å². The molecule has 1 aromatic heterocycles. The van der Waals surface area contributed by atoms with Crippen molar-refractivity contribution in [2.45, 2.75) is 6.54 Å². The Morgan fingerprint density at radius 2 is 2.22 bits per heavy atom. The van der Waals surface area contributed by atoms with Crippen LogP contribution in [0, 0.1) is 0 Å². The molecule has 0 aliphatic carbocycles. The molecule has 94 valence electrons. The minimum Gasteiger partial charge on any atom is -0.478 e. The summed E-state index contributed by atoms with van der Waals surface area (Å²) in [6.45, 7) is 0.533. The summed E-state index contributed by atoms with van der Waals surface area (Å²) in [6.07, 6.45) is 1.67. The van der Waals surface area contributed by atoms with E-state index in [1.54, 1.807) is 18.3 Å². The van der Waals surface area contributed by atoms with E-state index in [4.69, 9.17) is 28.3 Å². The molecule has 4 nitrogen and oxygen atoms in total. The second kappa shape index (κ2) is 5.56. The van der Waals surface area contributed by atoms with E-state index in [9.17, 15) is 4.79 Å². The molecule has 0 fully saturated rings. The summed E-state index contributed by atoms with van der Waals surface area (Å²) in [7, 11) is 0. The van der Waals surface area contributed by atoms with E-state index in [1.165, 1.54) is 17.4 Å².